The largest absolute Gasteiger partial charge is 0.308 e. The van der Waals surface area contributed by atoms with Crippen molar-refractivity contribution in [1.29, 1.82) is 0 Å². The molecule has 1 N–H and O–H groups in total. The van der Waals surface area contributed by atoms with Crippen molar-refractivity contribution in [2.45, 2.75) is 65.7 Å². The van der Waals surface area contributed by atoms with E-state index in [-0.39, 0.29) is 5.54 Å². The molecule has 1 aliphatic heterocycles. The van der Waals surface area contributed by atoms with Crippen LogP contribution in [-0.4, -0.2) is 28.0 Å². The van der Waals surface area contributed by atoms with E-state index in [0.717, 1.165) is 19.0 Å². The molecule has 0 amide bonds. The zero-order chi connectivity index (χ0) is 14.8. The molecule has 2 atom stereocenters. The minimum atomic E-state index is 0.153. The van der Waals surface area contributed by atoms with Crippen LogP contribution in [0.15, 0.2) is 18.3 Å². The van der Waals surface area contributed by atoms with Crippen molar-refractivity contribution in [3.63, 3.8) is 0 Å². The molecule has 0 bridgehead atoms. The van der Waals surface area contributed by atoms with Gasteiger partial charge in [0, 0.05) is 37.4 Å². The van der Waals surface area contributed by atoms with Gasteiger partial charge < -0.3 is 5.32 Å². The van der Waals surface area contributed by atoms with Crippen LogP contribution in [0.2, 0.25) is 0 Å². The Bertz CT molecular complexity index is 419. The molecule has 112 valence electrons. The highest BCUT2D eigenvalue weighted by Gasteiger charge is 2.25. The van der Waals surface area contributed by atoms with Gasteiger partial charge in [0.25, 0.3) is 0 Å². The summed E-state index contributed by atoms with van der Waals surface area (Å²) < 4.78 is 0. The fraction of sp³-hybridized carbons (Fsp3) is 0.706. The molecule has 1 aromatic heterocycles. The van der Waals surface area contributed by atoms with Gasteiger partial charge in [-0.15, -0.1) is 0 Å². The predicted molar refractivity (Wildman–Crippen MR) is 84.5 cm³/mol. The number of nitrogens with one attached hydrogen (secondary N) is 1. The monoisotopic (exact) mass is 275 g/mol. The van der Waals surface area contributed by atoms with Crippen LogP contribution >= 0.6 is 0 Å². The van der Waals surface area contributed by atoms with Crippen LogP contribution in [0.1, 0.15) is 52.3 Å². The average Bonchev–Trinajstić information content (AvgIpc) is 2.66. The lowest BCUT2D eigenvalue weighted by Gasteiger charge is -2.21. The van der Waals surface area contributed by atoms with Crippen molar-refractivity contribution < 1.29 is 0 Å². The van der Waals surface area contributed by atoms with Crippen LogP contribution in [0, 0.1) is 5.92 Å². The molecule has 2 rings (SSSR count). The summed E-state index contributed by atoms with van der Waals surface area (Å²) in [6.45, 7) is 14.3. The molecule has 1 aliphatic rings. The smallest absolute Gasteiger partial charge is 0.0544 e. The van der Waals surface area contributed by atoms with Crippen molar-refractivity contribution >= 4 is 0 Å². The summed E-state index contributed by atoms with van der Waals surface area (Å²) in [5.74, 6) is 0.820. The van der Waals surface area contributed by atoms with Gasteiger partial charge in [-0.3, -0.25) is 9.88 Å². The minimum absolute atomic E-state index is 0.153. The summed E-state index contributed by atoms with van der Waals surface area (Å²) in [7, 11) is 0. The number of aromatic nitrogens is 1. The first kappa shape index (κ1) is 15.5. The number of likely N-dealkylation sites (tertiary alicyclic amines) is 1. The molecule has 0 aliphatic carbocycles. The molecular formula is C17H29N3. The zero-order valence-corrected chi connectivity index (χ0v) is 13.6. The standard InChI is InChI=1S/C17H29N3/c1-13-8-14(2)20(11-13)12-16-7-6-15(9-18-16)10-19-17(3,4)5/h6-7,9,13-14,19H,8,10-12H2,1-5H3. The van der Waals surface area contributed by atoms with Crippen LogP contribution in [0.5, 0.6) is 0 Å². The van der Waals surface area contributed by atoms with Gasteiger partial charge in [-0.2, -0.15) is 0 Å². The maximum absolute atomic E-state index is 4.62. The summed E-state index contributed by atoms with van der Waals surface area (Å²) in [5.41, 5.74) is 2.59. The van der Waals surface area contributed by atoms with Gasteiger partial charge in [0.05, 0.1) is 5.69 Å². The molecule has 0 aromatic carbocycles. The molecule has 0 saturated carbocycles. The van der Waals surface area contributed by atoms with Gasteiger partial charge >= 0.3 is 0 Å². The zero-order valence-electron chi connectivity index (χ0n) is 13.6. The fourth-order valence-corrected chi connectivity index (χ4v) is 2.84. The van der Waals surface area contributed by atoms with E-state index in [9.17, 15) is 0 Å². The highest BCUT2D eigenvalue weighted by atomic mass is 15.2. The van der Waals surface area contributed by atoms with Crippen LogP contribution in [0.4, 0.5) is 0 Å². The third kappa shape index (κ3) is 4.57. The second kappa shape index (κ2) is 6.23. The highest BCUT2D eigenvalue weighted by Crippen LogP contribution is 2.23. The van der Waals surface area contributed by atoms with E-state index in [1.807, 2.05) is 6.20 Å². The second-order valence-corrected chi connectivity index (χ2v) is 7.38. The molecule has 3 heteroatoms. The van der Waals surface area contributed by atoms with Crippen molar-refractivity contribution in [2.75, 3.05) is 6.54 Å². The summed E-state index contributed by atoms with van der Waals surface area (Å²) in [4.78, 5) is 7.16. The summed E-state index contributed by atoms with van der Waals surface area (Å²) in [6, 6.07) is 5.06. The highest BCUT2D eigenvalue weighted by molar-refractivity contribution is 5.14. The number of pyridine rings is 1. The van der Waals surface area contributed by atoms with Crippen molar-refractivity contribution in [2.24, 2.45) is 5.92 Å². The molecule has 0 spiro atoms. The molecular weight excluding hydrogens is 246 g/mol. The van der Waals surface area contributed by atoms with Gasteiger partial charge in [-0.25, -0.2) is 0 Å². The van der Waals surface area contributed by atoms with Crippen LogP contribution in [0.3, 0.4) is 0 Å². The Morgan fingerprint density at radius 2 is 2.05 bits per heavy atom. The van der Waals surface area contributed by atoms with Gasteiger partial charge in [-0.1, -0.05) is 13.0 Å². The van der Waals surface area contributed by atoms with Crippen molar-refractivity contribution in [1.82, 2.24) is 15.2 Å². The number of hydrogen-bond acceptors (Lipinski definition) is 3. The first-order chi connectivity index (χ1) is 9.33. The fourth-order valence-electron chi connectivity index (χ4n) is 2.84. The van der Waals surface area contributed by atoms with Gasteiger partial charge in [-0.05, 0) is 51.7 Å². The topological polar surface area (TPSA) is 28.2 Å². The Kier molecular flexibility index (Phi) is 4.82. The van der Waals surface area contributed by atoms with E-state index in [1.54, 1.807) is 0 Å². The average molecular weight is 275 g/mol. The first-order valence-corrected chi connectivity index (χ1v) is 7.76. The van der Waals surface area contributed by atoms with E-state index in [2.05, 4.69) is 62.0 Å². The molecule has 20 heavy (non-hydrogen) atoms. The van der Waals surface area contributed by atoms with Gasteiger partial charge in [0.2, 0.25) is 0 Å². The lowest BCUT2D eigenvalue weighted by molar-refractivity contribution is 0.253. The summed E-state index contributed by atoms with van der Waals surface area (Å²) in [5, 5.41) is 3.49. The Balaban J connectivity index is 1.88. The SMILES string of the molecule is CC1CC(C)N(Cc2ccc(CNC(C)(C)C)cn2)C1. The van der Waals surface area contributed by atoms with Crippen LogP contribution in [0.25, 0.3) is 0 Å². The molecule has 2 heterocycles. The third-order valence-electron chi connectivity index (χ3n) is 3.99. The number of hydrogen-bond donors (Lipinski definition) is 1. The van der Waals surface area contributed by atoms with Gasteiger partial charge in [0.1, 0.15) is 0 Å². The normalized spacial score (nSPS) is 24.2. The summed E-state index contributed by atoms with van der Waals surface area (Å²) >= 11 is 0. The minimum Gasteiger partial charge on any atom is -0.308 e. The molecule has 0 radical (unpaired) electrons. The van der Waals surface area contributed by atoms with E-state index in [1.165, 1.54) is 24.2 Å². The predicted octanol–water partition coefficient (Wildman–Crippen LogP) is 3.20. The quantitative estimate of drug-likeness (QED) is 0.914. The number of rotatable bonds is 4. The Morgan fingerprint density at radius 1 is 1.30 bits per heavy atom. The van der Waals surface area contributed by atoms with E-state index in [4.69, 9.17) is 0 Å². The van der Waals surface area contributed by atoms with Crippen molar-refractivity contribution in [3.8, 4) is 0 Å². The maximum Gasteiger partial charge on any atom is 0.0544 e. The molecule has 1 saturated heterocycles. The molecule has 2 unspecified atom stereocenters. The van der Waals surface area contributed by atoms with E-state index >= 15 is 0 Å². The summed E-state index contributed by atoms with van der Waals surface area (Å²) in [6.07, 6.45) is 3.33. The maximum atomic E-state index is 4.62. The van der Waals surface area contributed by atoms with E-state index < -0.39 is 0 Å². The lowest BCUT2D eigenvalue weighted by Crippen LogP contribution is -2.35. The lowest BCUT2D eigenvalue weighted by atomic mass is 10.1. The van der Waals surface area contributed by atoms with Crippen LogP contribution < -0.4 is 5.32 Å². The Hall–Kier alpha value is -0.930. The number of nitrogens with zero attached hydrogens (tertiary/aromatic N) is 2. The molecule has 1 aromatic rings. The third-order valence-corrected chi connectivity index (χ3v) is 3.99. The Morgan fingerprint density at radius 3 is 2.55 bits per heavy atom. The Labute approximate surface area is 123 Å². The van der Waals surface area contributed by atoms with Crippen LogP contribution in [-0.2, 0) is 13.1 Å². The van der Waals surface area contributed by atoms with Gasteiger partial charge in [0.15, 0.2) is 0 Å². The van der Waals surface area contributed by atoms with E-state index in [0.29, 0.717) is 6.04 Å². The van der Waals surface area contributed by atoms with Crippen molar-refractivity contribution in [3.05, 3.63) is 29.6 Å². The second-order valence-electron chi connectivity index (χ2n) is 7.38. The molecule has 1 fully saturated rings. The molecule has 3 nitrogen and oxygen atoms in total. The first-order valence-electron chi connectivity index (χ1n) is 7.76.